The molecule has 102 valence electrons. The van der Waals surface area contributed by atoms with Crippen molar-refractivity contribution in [2.45, 2.75) is 13.3 Å². The molecule has 5 nitrogen and oxygen atoms in total. The molecular formula is C14H19N3O2. The number of hydrogen-bond acceptors (Lipinski definition) is 3. The van der Waals surface area contributed by atoms with E-state index in [-0.39, 0.29) is 18.4 Å². The minimum Gasteiger partial charge on any atom is -0.398 e. The Hall–Kier alpha value is -2.04. The van der Waals surface area contributed by atoms with Gasteiger partial charge in [-0.15, -0.1) is 0 Å². The van der Waals surface area contributed by atoms with E-state index in [1.165, 1.54) is 0 Å². The topological polar surface area (TPSA) is 66.6 Å². The Kier molecular flexibility index (Phi) is 3.74. The van der Waals surface area contributed by atoms with E-state index in [1.54, 1.807) is 29.0 Å². The van der Waals surface area contributed by atoms with Crippen molar-refractivity contribution in [1.29, 1.82) is 0 Å². The molecule has 1 aliphatic heterocycles. The Bertz CT molecular complexity index is 513. The highest BCUT2D eigenvalue weighted by atomic mass is 16.2. The molecule has 1 saturated heterocycles. The van der Waals surface area contributed by atoms with E-state index in [4.69, 9.17) is 5.73 Å². The molecule has 2 rings (SSSR count). The van der Waals surface area contributed by atoms with Gasteiger partial charge in [-0.3, -0.25) is 9.59 Å². The maximum Gasteiger partial charge on any atom is 0.256 e. The molecule has 1 aromatic rings. The van der Waals surface area contributed by atoms with Gasteiger partial charge in [0, 0.05) is 25.8 Å². The van der Waals surface area contributed by atoms with E-state index in [2.05, 4.69) is 0 Å². The van der Waals surface area contributed by atoms with E-state index in [1.807, 2.05) is 13.0 Å². The number of carbonyl (C=O) groups is 2. The summed E-state index contributed by atoms with van der Waals surface area (Å²) in [7, 11) is 1.76. The van der Waals surface area contributed by atoms with E-state index < -0.39 is 0 Å². The summed E-state index contributed by atoms with van der Waals surface area (Å²) >= 11 is 0. The third-order valence-electron chi connectivity index (χ3n) is 3.40. The molecule has 0 atom stereocenters. The molecule has 2 N–H and O–H groups in total. The van der Waals surface area contributed by atoms with Crippen molar-refractivity contribution < 1.29 is 9.59 Å². The lowest BCUT2D eigenvalue weighted by Crippen LogP contribution is -2.38. The van der Waals surface area contributed by atoms with Crippen molar-refractivity contribution in [3.63, 3.8) is 0 Å². The zero-order valence-corrected chi connectivity index (χ0v) is 11.3. The Balaban J connectivity index is 2.23. The van der Waals surface area contributed by atoms with E-state index in [9.17, 15) is 9.59 Å². The molecule has 0 aliphatic carbocycles. The van der Waals surface area contributed by atoms with Gasteiger partial charge in [0.25, 0.3) is 5.91 Å². The lowest BCUT2D eigenvalue weighted by molar-refractivity contribution is -0.129. The molecule has 1 aromatic carbocycles. The molecule has 0 saturated carbocycles. The van der Waals surface area contributed by atoms with Gasteiger partial charge in [0.15, 0.2) is 0 Å². The minimum atomic E-state index is -0.162. The summed E-state index contributed by atoms with van der Waals surface area (Å²) in [5.74, 6) is -0.193. The third kappa shape index (κ3) is 2.86. The van der Waals surface area contributed by atoms with Crippen LogP contribution in [0.4, 0.5) is 5.69 Å². The van der Waals surface area contributed by atoms with Crippen LogP contribution in [-0.4, -0.2) is 48.3 Å². The first-order chi connectivity index (χ1) is 8.99. The van der Waals surface area contributed by atoms with Crippen molar-refractivity contribution in [2.75, 3.05) is 32.4 Å². The molecule has 0 aromatic heterocycles. The molecule has 2 amide bonds. The van der Waals surface area contributed by atoms with Crippen LogP contribution >= 0.6 is 0 Å². The predicted molar refractivity (Wildman–Crippen MR) is 73.7 cm³/mol. The number of amides is 2. The minimum absolute atomic E-state index is 0.0305. The van der Waals surface area contributed by atoms with Crippen LogP contribution in [0.15, 0.2) is 18.2 Å². The molecule has 0 spiro atoms. The van der Waals surface area contributed by atoms with Gasteiger partial charge in [-0.2, -0.15) is 0 Å². The summed E-state index contributed by atoms with van der Waals surface area (Å²) in [4.78, 5) is 27.5. The molecule has 0 bridgehead atoms. The number of anilines is 1. The molecule has 1 fully saturated rings. The summed E-state index contributed by atoms with van der Waals surface area (Å²) < 4.78 is 0. The molecule has 1 heterocycles. The fraction of sp³-hybridized carbons (Fsp3) is 0.429. The van der Waals surface area contributed by atoms with Crippen molar-refractivity contribution in [1.82, 2.24) is 9.80 Å². The zero-order chi connectivity index (χ0) is 14.0. The molecule has 19 heavy (non-hydrogen) atoms. The average Bonchev–Trinajstić information content (AvgIpc) is 2.54. The van der Waals surface area contributed by atoms with Crippen molar-refractivity contribution in [2.24, 2.45) is 0 Å². The van der Waals surface area contributed by atoms with Crippen LogP contribution in [0.5, 0.6) is 0 Å². The van der Waals surface area contributed by atoms with Gasteiger partial charge in [0.2, 0.25) is 5.91 Å². The Morgan fingerprint density at radius 1 is 1.32 bits per heavy atom. The second kappa shape index (κ2) is 5.30. The normalized spacial score (nSPS) is 16.4. The van der Waals surface area contributed by atoms with Crippen LogP contribution in [0, 0.1) is 6.92 Å². The maximum atomic E-state index is 12.5. The maximum absolute atomic E-state index is 12.5. The van der Waals surface area contributed by atoms with Crippen LogP contribution in [0.1, 0.15) is 22.3 Å². The van der Waals surface area contributed by atoms with E-state index in [0.29, 0.717) is 24.3 Å². The molecule has 0 radical (unpaired) electrons. The van der Waals surface area contributed by atoms with Gasteiger partial charge in [-0.25, -0.2) is 0 Å². The first kappa shape index (κ1) is 13.4. The first-order valence-electron chi connectivity index (χ1n) is 6.38. The number of benzene rings is 1. The van der Waals surface area contributed by atoms with Gasteiger partial charge < -0.3 is 15.5 Å². The second-order valence-corrected chi connectivity index (χ2v) is 4.99. The van der Waals surface area contributed by atoms with Crippen molar-refractivity contribution in [3.8, 4) is 0 Å². The highest BCUT2D eigenvalue weighted by Gasteiger charge is 2.24. The number of rotatable bonds is 1. The Labute approximate surface area is 113 Å². The Morgan fingerprint density at radius 3 is 2.79 bits per heavy atom. The van der Waals surface area contributed by atoms with Crippen LogP contribution in [0.3, 0.4) is 0 Å². The standard InChI is InChI=1S/C14H19N3O2/c1-10-4-5-12(15)11(8-10)14(19)17-7-3-6-16(2)13(18)9-17/h4-5,8H,3,6-7,9,15H2,1-2H3. The van der Waals surface area contributed by atoms with Gasteiger partial charge >= 0.3 is 0 Å². The van der Waals surface area contributed by atoms with Gasteiger partial charge in [-0.1, -0.05) is 11.6 Å². The number of nitrogens with two attached hydrogens (primary N) is 1. The van der Waals surface area contributed by atoms with E-state index >= 15 is 0 Å². The van der Waals surface area contributed by atoms with Gasteiger partial charge in [0.05, 0.1) is 5.56 Å². The van der Waals surface area contributed by atoms with Crippen molar-refractivity contribution >= 4 is 17.5 Å². The summed E-state index contributed by atoms with van der Waals surface area (Å²) in [5.41, 5.74) is 7.78. The van der Waals surface area contributed by atoms with E-state index in [0.717, 1.165) is 12.0 Å². The first-order valence-corrected chi connectivity index (χ1v) is 6.38. The van der Waals surface area contributed by atoms with Crippen LogP contribution in [-0.2, 0) is 4.79 Å². The number of likely N-dealkylation sites (N-methyl/N-ethyl adjacent to an activating group) is 1. The van der Waals surface area contributed by atoms with Gasteiger partial charge in [0.1, 0.15) is 6.54 Å². The fourth-order valence-electron chi connectivity index (χ4n) is 2.19. The number of nitrogens with zero attached hydrogens (tertiary/aromatic N) is 2. The van der Waals surface area contributed by atoms with Crippen LogP contribution < -0.4 is 5.73 Å². The highest BCUT2D eigenvalue weighted by Crippen LogP contribution is 2.17. The summed E-state index contributed by atoms with van der Waals surface area (Å²) in [6, 6.07) is 5.37. The highest BCUT2D eigenvalue weighted by molar-refractivity contribution is 6.01. The van der Waals surface area contributed by atoms with Crippen LogP contribution in [0.25, 0.3) is 0 Å². The largest absolute Gasteiger partial charge is 0.398 e. The molecule has 0 unspecified atom stereocenters. The summed E-state index contributed by atoms with van der Waals surface area (Å²) in [6.45, 7) is 3.31. The van der Waals surface area contributed by atoms with Gasteiger partial charge in [-0.05, 0) is 25.5 Å². The van der Waals surface area contributed by atoms with Crippen LogP contribution in [0.2, 0.25) is 0 Å². The lowest BCUT2D eigenvalue weighted by Gasteiger charge is -2.20. The fourth-order valence-corrected chi connectivity index (χ4v) is 2.19. The monoisotopic (exact) mass is 261 g/mol. The molecule has 1 aliphatic rings. The summed E-state index contributed by atoms with van der Waals surface area (Å²) in [5, 5.41) is 0. The predicted octanol–water partition coefficient (Wildman–Crippen LogP) is 0.882. The zero-order valence-electron chi connectivity index (χ0n) is 11.3. The SMILES string of the molecule is Cc1ccc(N)c(C(=O)N2CCCN(C)C(=O)C2)c1. The molecule has 5 heteroatoms. The Morgan fingerprint density at radius 2 is 2.05 bits per heavy atom. The number of carbonyl (C=O) groups excluding carboxylic acids is 2. The molecular weight excluding hydrogens is 242 g/mol. The number of nitrogen functional groups attached to an aromatic ring is 1. The second-order valence-electron chi connectivity index (χ2n) is 4.99. The quantitative estimate of drug-likeness (QED) is 0.763. The summed E-state index contributed by atoms with van der Waals surface area (Å²) in [6.07, 6.45) is 0.791. The average molecular weight is 261 g/mol. The third-order valence-corrected chi connectivity index (χ3v) is 3.40. The lowest BCUT2D eigenvalue weighted by atomic mass is 10.1. The smallest absolute Gasteiger partial charge is 0.256 e. The number of hydrogen-bond donors (Lipinski definition) is 1. The van der Waals surface area contributed by atoms with Crippen molar-refractivity contribution in [3.05, 3.63) is 29.3 Å². The number of aryl methyl sites for hydroxylation is 1.